The van der Waals surface area contributed by atoms with Crippen molar-refractivity contribution in [3.05, 3.63) is 0 Å². The fourth-order valence-corrected chi connectivity index (χ4v) is 2.04. The smallest absolute Gasteiger partial charge is 0.227 e. The summed E-state index contributed by atoms with van der Waals surface area (Å²) in [4.78, 5) is 26.9. The summed E-state index contributed by atoms with van der Waals surface area (Å²) in [5.74, 6) is 0.0283. The molecule has 0 spiro atoms. The molecule has 98 valence electrons. The third-order valence-electron chi connectivity index (χ3n) is 3.47. The minimum atomic E-state index is -0.168. The number of carbonyl (C=O) groups is 2. The van der Waals surface area contributed by atoms with Gasteiger partial charge in [0.25, 0.3) is 0 Å². The summed E-state index contributed by atoms with van der Waals surface area (Å²) in [7, 11) is 1.70. The van der Waals surface area contributed by atoms with E-state index >= 15 is 0 Å². The van der Waals surface area contributed by atoms with E-state index in [9.17, 15) is 9.59 Å². The van der Waals surface area contributed by atoms with Crippen LogP contribution in [0.15, 0.2) is 0 Å². The molecule has 0 bridgehead atoms. The summed E-state index contributed by atoms with van der Waals surface area (Å²) >= 11 is 0. The molecule has 1 heterocycles. The van der Waals surface area contributed by atoms with E-state index in [0.717, 1.165) is 6.42 Å². The number of aliphatic hydroxyl groups is 1. The van der Waals surface area contributed by atoms with Gasteiger partial charge in [0, 0.05) is 26.6 Å². The minimum Gasteiger partial charge on any atom is -0.394 e. The van der Waals surface area contributed by atoms with Gasteiger partial charge in [-0.1, -0.05) is 6.92 Å². The second-order valence-corrected chi connectivity index (χ2v) is 4.66. The Hall–Kier alpha value is -1.10. The van der Waals surface area contributed by atoms with Crippen LogP contribution < -0.4 is 0 Å². The molecule has 1 aliphatic heterocycles. The van der Waals surface area contributed by atoms with Gasteiger partial charge in [0.1, 0.15) is 0 Å². The Bertz CT molecular complexity index is 293. The number of likely N-dealkylation sites (N-methyl/N-ethyl adjacent to an activating group) is 1. The first kappa shape index (κ1) is 14.0. The maximum absolute atomic E-state index is 12.1. The maximum Gasteiger partial charge on any atom is 0.227 e. The Kier molecular flexibility index (Phi) is 4.93. The second-order valence-electron chi connectivity index (χ2n) is 4.66. The number of likely N-dealkylation sites (tertiary alicyclic amines) is 1. The van der Waals surface area contributed by atoms with Crippen LogP contribution in [0.25, 0.3) is 0 Å². The van der Waals surface area contributed by atoms with Crippen molar-refractivity contribution in [3.8, 4) is 0 Å². The number of hydrogen-bond acceptors (Lipinski definition) is 3. The molecule has 0 saturated carbocycles. The Morgan fingerprint density at radius 1 is 1.53 bits per heavy atom. The zero-order valence-electron chi connectivity index (χ0n) is 10.8. The molecule has 2 unspecified atom stereocenters. The lowest BCUT2D eigenvalue weighted by Gasteiger charge is -2.26. The van der Waals surface area contributed by atoms with E-state index in [2.05, 4.69) is 0 Å². The predicted octanol–water partition coefficient (Wildman–Crippen LogP) is 0.0841. The van der Waals surface area contributed by atoms with E-state index in [0.29, 0.717) is 19.5 Å². The molecule has 0 aliphatic carbocycles. The van der Waals surface area contributed by atoms with Crippen LogP contribution in [-0.2, 0) is 9.59 Å². The van der Waals surface area contributed by atoms with Crippen LogP contribution in [0.1, 0.15) is 26.7 Å². The van der Waals surface area contributed by atoms with Gasteiger partial charge in [-0.3, -0.25) is 9.59 Å². The normalized spacial score (nSPS) is 21.4. The average molecular weight is 242 g/mol. The zero-order chi connectivity index (χ0) is 13.0. The summed E-state index contributed by atoms with van der Waals surface area (Å²) < 4.78 is 0. The monoisotopic (exact) mass is 242 g/mol. The van der Waals surface area contributed by atoms with Crippen LogP contribution in [-0.4, -0.2) is 59.5 Å². The maximum atomic E-state index is 12.1. The van der Waals surface area contributed by atoms with Crippen molar-refractivity contribution in [1.29, 1.82) is 0 Å². The van der Waals surface area contributed by atoms with Crippen LogP contribution >= 0.6 is 0 Å². The molecule has 5 nitrogen and oxygen atoms in total. The lowest BCUT2D eigenvalue weighted by molar-refractivity contribution is -0.136. The summed E-state index contributed by atoms with van der Waals surface area (Å²) in [6.07, 6.45) is 1.22. The van der Waals surface area contributed by atoms with E-state index < -0.39 is 0 Å². The molecule has 0 radical (unpaired) electrons. The Morgan fingerprint density at radius 2 is 2.18 bits per heavy atom. The van der Waals surface area contributed by atoms with E-state index in [-0.39, 0.29) is 30.4 Å². The third kappa shape index (κ3) is 3.19. The third-order valence-corrected chi connectivity index (χ3v) is 3.47. The molecule has 1 saturated heterocycles. The zero-order valence-corrected chi connectivity index (χ0v) is 10.8. The van der Waals surface area contributed by atoms with Crippen molar-refractivity contribution >= 4 is 11.8 Å². The first-order chi connectivity index (χ1) is 8.01. The number of nitrogens with zero attached hydrogens (tertiary/aromatic N) is 2. The summed E-state index contributed by atoms with van der Waals surface area (Å²) in [6, 6.07) is -0.168. The summed E-state index contributed by atoms with van der Waals surface area (Å²) in [6.45, 7) is 4.80. The van der Waals surface area contributed by atoms with Gasteiger partial charge < -0.3 is 14.9 Å². The van der Waals surface area contributed by atoms with Crippen LogP contribution in [0.4, 0.5) is 0 Å². The van der Waals surface area contributed by atoms with Gasteiger partial charge in [-0.25, -0.2) is 0 Å². The van der Waals surface area contributed by atoms with E-state index in [4.69, 9.17) is 5.11 Å². The van der Waals surface area contributed by atoms with Crippen LogP contribution in [0.5, 0.6) is 0 Å². The molecule has 0 aromatic heterocycles. The quantitative estimate of drug-likeness (QED) is 0.759. The summed E-state index contributed by atoms with van der Waals surface area (Å²) in [5.41, 5.74) is 0. The highest BCUT2D eigenvalue weighted by Crippen LogP contribution is 2.19. The lowest BCUT2D eigenvalue weighted by atomic mass is 10.1. The van der Waals surface area contributed by atoms with Gasteiger partial charge in [0.2, 0.25) is 11.8 Å². The molecule has 0 aromatic carbocycles. The van der Waals surface area contributed by atoms with Crippen molar-refractivity contribution in [2.45, 2.75) is 32.7 Å². The molecule has 1 rings (SSSR count). The molecule has 5 heteroatoms. The van der Waals surface area contributed by atoms with E-state index in [1.165, 1.54) is 0 Å². The van der Waals surface area contributed by atoms with Crippen molar-refractivity contribution < 1.29 is 14.7 Å². The number of amides is 2. The molecule has 1 N–H and O–H groups in total. The number of carbonyl (C=O) groups excluding carboxylic acids is 2. The Labute approximate surface area is 102 Å². The Balaban J connectivity index is 2.53. The van der Waals surface area contributed by atoms with Gasteiger partial charge in [-0.2, -0.15) is 0 Å². The van der Waals surface area contributed by atoms with Gasteiger partial charge in [-0.15, -0.1) is 0 Å². The van der Waals surface area contributed by atoms with E-state index in [1.54, 1.807) is 16.8 Å². The van der Waals surface area contributed by atoms with E-state index in [1.807, 2.05) is 13.8 Å². The topological polar surface area (TPSA) is 60.9 Å². The number of hydrogen-bond donors (Lipinski definition) is 1. The molecule has 1 fully saturated rings. The van der Waals surface area contributed by atoms with Crippen molar-refractivity contribution in [2.24, 2.45) is 5.92 Å². The molecule has 17 heavy (non-hydrogen) atoms. The fourth-order valence-electron chi connectivity index (χ4n) is 2.04. The largest absolute Gasteiger partial charge is 0.394 e. The van der Waals surface area contributed by atoms with Crippen molar-refractivity contribution in [3.63, 3.8) is 0 Å². The highest BCUT2D eigenvalue weighted by Gasteiger charge is 2.32. The van der Waals surface area contributed by atoms with Crippen molar-refractivity contribution in [2.75, 3.05) is 26.7 Å². The SMILES string of the molecule is CCC(=O)N1CCC(C(=O)N(C)C(C)CO)C1. The standard InChI is InChI=1S/C12H22N2O3/c1-4-11(16)14-6-5-10(7-14)12(17)13(3)9(2)8-15/h9-10,15H,4-8H2,1-3H3. The van der Waals surface area contributed by atoms with Gasteiger partial charge in [0.05, 0.1) is 18.6 Å². The van der Waals surface area contributed by atoms with Crippen LogP contribution in [0, 0.1) is 5.92 Å². The first-order valence-electron chi connectivity index (χ1n) is 6.16. The number of aliphatic hydroxyl groups excluding tert-OH is 1. The predicted molar refractivity (Wildman–Crippen MR) is 64.3 cm³/mol. The fraction of sp³-hybridized carbons (Fsp3) is 0.833. The molecule has 2 atom stereocenters. The second kappa shape index (κ2) is 6.00. The molecular formula is C12H22N2O3. The molecule has 2 amide bonds. The highest BCUT2D eigenvalue weighted by atomic mass is 16.3. The molecule has 1 aliphatic rings. The minimum absolute atomic E-state index is 0.0259. The first-order valence-corrected chi connectivity index (χ1v) is 6.16. The number of rotatable bonds is 4. The molecule has 0 aromatic rings. The van der Waals surface area contributed by atoms with Gasteiger partial charge in [0.15, 0.2) is 0 Å². The Morgan fingerprint density at radius 3 is 2.71 bits per heavy atom. The van der Waals surface area contributed by atoms with Crippen LogP contribution in [0.3, 0.4) is 0 Å². The highest BCUT2D eigenvalue weighted by molar-refractivity contribution is 5.82. The lowest BCUT2D eigenvalue weighted by Crippen LogP contribution is -2.42. The average Bonchev–Trinajstić information content (AvgIpc) is 2.84. The molecular weight excluding hydrogens is 220 g/mol. The van der Waals surface area contributed by atoms with Crippen molar-refractivity contribution in [1.82, 2.24) is 9.80 Å². The summed E-state index contributed by atoms with van der Waals surface area (Å²) in [5, 5.41) is 9.02. The van der Waals surface area contributed by atoms with Gasteiger partial charge in [-0.05, 0) is 13.3 Å². The van der Waals surface area contributed by atoms with Crippen LogP contribution in [0.2, 0.25) is 0 Å². The van der Waals surface area contributed by atoms with Gasteiger partial charge >= 0.3 is 0 Å².